The van der Waals surface area contributed by atoms with Crippen LogP contribution in [0.3, 0.4) is 0 Å². The molecule has 0 saturated carbocycles. The Kier molecular flexibility index (Phi) is 5.84. The maximum atomic E-state index is 13.0. The summed E-state index contributed by atoms with van der Waals surface area (Å²) in [6.07, 6.45) is 1.51. The third-order valence-electron chi connectivity index (χ3n) is 4.61. The minimum atomic E-state index is -1.83. The molecular weight excluding hydrogens is 509 g/mol. The number of unbranched alkanes of at least 4 members (excludes halogenated alkanes) is 1. The largest absolute Gasteiger partial charge is 0.375 e. The first-order valence-electron chi connectivity index (χ1n) is 8.50. The van der Waals surface area contributed by atoms with E-state index in [1.54, 1.807) is 23.1 Å². The molecule has 4 nitrogen and oxygen atoms in total. The van der Waals surface area contributed by atoms with Gasteiger partial charge in [0.15, 0.2) is 11.4 Å². The molecule has 1 atom stereocenters. The first kappa shape index (κ1) is 19.5. The van der Waals surface area contributed by atoms with Crippen molar-refractivity contribution in [2.24, 2.45) is 0 Å². The number of fused-ring (bicyclic) bond motifs is 1. The Balaban J connectivity index is 1.96. The zero-order valence-corrected chi connectivity index (χ0v) is 18.1. The van der Waals surface area contributed by atoms with Gasteiger partial charge >= 0.3 is 0 Å². The van der Waals surface area contributed by atoms with Gasteiger partial charge in [0.25, 0.3) is 5.91 Å². The lowest BCUT2D eigenvalue weighted by molar-refractivity contribution is -0.135. The molecule has 0 aliphatic carbocycles. The Morgan fingerprint density at radius 1 is 1.23 bits per heavy atom. The molecule has 3 rings (SSSR count). The number of halogens is 2. The smallest absolute Gasteiger partial charge is 0.264 e. The van der Waals surface area contributed by atoms with E-state index in [0.29, 0.717) is 23.4 Å². The summed E-state index contributed by atoms with van der Waals surface area (Å²) in [4.78, 5) is 27.4. The first-order chi connectivity index (χ1) is 12.4. The number of benzene rings is 2. The predicted octanol–water partition coefficient (Wildman–Crippen LogP) is 4.66. The van der Waals surface area contributed by atoms with Gasteiger partial charge in [-0.3, -0.25) is 9.59 Å². The molecular formula is C20H19BrINO3. The summed E-state index contributed by atoms with van der Waals surface area (Å²) >= 11 is 5.57. The van der Waals surface area contributed by atoms with Crippen LogP contribution in [0.25, 0.3) is 0 Å². The molecule has 0 saturated heterocycles. The lowest BCUT2D eigenvalue weighted by atomic mass is 9.88. The van der Waals surface area contributed by atoms with Crippen molar-refractivity contribution >= 4 is 55.9 Å². The average Bonchev–Trinajstić information content (AvgIpc) is 2.81. The molecule has 1 amide bonds. The van der Waals surface area contributed by atoms with Crippen LogP contribution in [0, 0.1) is 3.57 Å². The first-order valence-corrected chi connectivity index (χ1v) is 10.4. The van der Waals surface area contributed by atoms with Crippen LogP contribution in [0.4, 0.5) is 5.69 Å². The highest BCUT2D eigenvalue weighted by atomic mass is 127. The number of aliphatic hydroxyl groups is 1. The summed E-state index contributed by atoms with van der Waals surface area (Å²) in [6, 6.07) is 12.5. The van der Waals surface area contributed by atoms with Crippen molar-refractivity contribution in [1.29, 1.82) is 0 Å². The van der Waals surface area contributed by atoms with Gasteiger partial charge in [-0.1, -0.05) is 41.4 Å². The van der Waals surface area contributed by atoms with Gasteiger partial charge in [-0.25, -0.2) is 0 Å². The van der Waals surface area contributed by atoms with Crippen LogP contribution in [0.1, 0.15) is 42.1 Å². The number of amides is 1. The zero-order valence-electron chi connectivity index (χ0n) is 14.3. The van der Waals surface area contributed by atoms with Crippen molar-refractivity contribution in [2.45, 2.75) is 31.8 Å². The summed E-state index contributed by atoms with van der Waals surface area (Å²) in [5, 5.41) is 11.3. The fraction of sp³-hybridized carbons (Fsp3) is 0.300. The molecule has 1 unspecified atom stereocenters. The Hall–Kier alpha value is -1.25. The third kappa shape index (κ3) is 3.59. The van der Waals surface area contributed by atoms with E-state index in [0.717, 1.165) is 20.9 Å². The maximum absolute atomic E-state index is 13.0. The predicted molar refractivity (Wildman–Crippen MR) is 113 cm³/mol. The topological polar surface area (TPSA) is 57.6 Å². The van der Waals surface area contributed by atoms with Gasteiger partial charge in [-0.05, 0) is 59.3 Å². The van der Waals surface area contributed by atoms with Gasteiger partial charge in [0.1, 0.15) is 0 Å². The number of anilines is 1. The normalized spacial score (nSPS) is 18.9. The van der Waals surface area contributed by atoms with E-state index in [9.17, 15) is 14.7 Å². The van der Waals surface area contributed by atoms with E-state index in [1.165, 1.54) is 0 Å². The molecule has 0 spiro atoms. The van der Waals surface area contributed by atoms with Crippen molar-refractivity contribution in [3.05, 3.63) is 61.6 Å². The average molecular weight is 528 g/mol. The van der Waals surface area contributed by atoms with E-state index < -0.39 is 11.5 Å². The second-order valence-corrected chi connectivity index (χ2v) is 8.60. The van der Waals surface area contributed by atoms with Crippen molar-refractivity contribution in [2.75, 3.05) is 11.4 Å². The van der Waals surface area contributed by atoms with Crippen LogP contribution in [-0.4, -0.2) is 23.3 Å². The molecule has 2 aromatic carbocycles. The molecule has 26 heavy (non-hydrogen) atoms. The van der Waals surface area contributed by atoms with E-state index in [1.807, 2.05) is 24.3 Å². The number of ketones is 1. The van der Waals surface area contributed by atoms with E-state index >= 15 is 0 Å². The Labute approximate surface area is 174 Å². The SMILES string of the molecule is CCCCN1C(=O)C(O)(CC(=O)c2ccc(I)cc2)c2cc(Br)ccc21. The van der Waals surface area contributed by atoms with E-state index in [-0.39, 0.29) is 12.2 Å². The maximum Gasteiger partial charge on any atom is 0.264 e. The van der Waals surface area contributed by atoms with Crippen LogP contribution in [0.5, 0.6) is 0 Å². The molecule has 0 aromatic heterocycles. The minimum Gasteiger partial charge on any atom is -0.375 e. The van der Waals surface area contributed by atoms with Gasteiger partial charge in [-0.2, -0.15) is 0 Å². The lowest BCUT2D eigenvalue weighted by Gasteiger charge is -2.22. The highest BCUT2D eigenvalue weighted by molar-refractivity contribution is 14.1. The zero-order chi connectivity index (χ0) is 18.9. The number of rotatable bonds is 6. The standard InChI is InChI=1S/C20H19BrINO3/c1-2-3-10-23-17-9-6-14(21)11-16(17)20(26,19(23)25)12-18(24)13-4-7-15(22)8-5-13/h4-9,11,26H,2-3,10,12H2,1H3. The molecule has 1 N–H and O–H groups in total. The Bertz CT molecular complexity index is 853. The van der Waals surface area contributed by atoms with E-state index in [2.05, 4.69) is 45.4 Å². The Morgan fingerprint density at radius 3 is 2.58 bits per heavy atom. The summed E-state index contributed by atoms with van der Waals surface area (Å²) in [5.74, 6) is -0.668. The van der Waals surface area contributed by atoms with Crippen LogP contribution in [0.15, 0.2) is 46.9 Å². The third-order valence-corrected chi connectivity index (χ3v) is 5.82. The molecule has 0 fully saturated rings. The second kappa shape index (κ2) is 7.78. The monoisotopic (exact) mass is 527 g/mol. The molecule has 2 aromatic rings. The number of Topliss-reactive ketones (excluding diaryl/α,β-unsaturated/α-hetero) is 1. The minimum absolute atomic E-state index is 0.250. The summed E-state index contributed by atoms with van der Waals surface area (Å²) < 4.78 is 1.79. The second-order valence-electron chi connectivity index (χ2n) is 6.44. The van der Waals surface area contributed by atoms with Gasteiger partial charge in [0, 0.05) is 25.7 Å². The van der Waals surface area contributed by atoms with Gasteiger partial charge in [0.2, 0.25) is 0 Å². The summed E-state index contributed by atoms with van der Waals surface area (Å²) in [7, 11) is 0. The van der Waals surface area contributed by atoms with E-state index in [4.69, 9.17) is 0 Å². The van der Waals surface area contributed by atoms with Crippen molar-refractivity contribution in [3.8, 4) is 0 Å². The van der Waals surface area contributed by atoms with Gasteiger partial charge < -0.3 is 10.0 Å². The van der Waals surface area contributed by atoms with Gasteiger partial charge in [0.05, 0.1) is 12.1 Å². The lowest BCUT2D eigenvalue weighted by Crippen LogP contribution is -2.42. The number of hydrogen-bond donors (Lipinski definition) is 1. The van der Waals surface area contributed by atoms with Crippen LogP contribution < -0.4 is 4.90 Å². The Morgan fingerprint density at radius 2 is 1.92 bits per heavy atom. The molecule has 1 aliphatic heterocycles. The highest BCUT2D eigenvalue weighted by Gasteiger charge is 2.50. The molecule has 0 radical (unpaired) electrons. The van der Waals surface area contributed by atoms with Crippen LogP contribution in [-0.2, 0) is 10.4 Å². The molecule has 1 aliphatic rings. The molecule has 0 bridgehead atoms. The highest BCUT2D eigenvalue weighted by Crippen LogP contribution is 2.44. The van der Waals surface area contributed by atoms with Crippen LogP contribution in [0.2, 0.25) is 0 Å². The number of nitrogens with zero attached hydrogens (tertiary/aromatic N) is 1. The van der Waals surface area contributed by atoms with Gasteiger partial charge in [-0.15, -0.1) is 0 Å². The number of carbonyl (C=O) groups excluding carboxylic acids is 2. The number of hydrogen-bond acceptors (Lipinski definition) is 3. The van der Waals surface area contributed by atoms with Crippen molar-refractivity contribution in [1.82, 2.24) is 0 Å². The van der Waals surface area contributed by atoms with Crippen molar-refractivity contribution in [3.63, 3.8) is 0 Å². The quantitative estimate of drug-likeness (QED) is 0.439. The fourth-order valence-electron chi connectivity index (χ4n) is 3.20. The van der Waals surface area contributed by atoms with Crippen molar-refractivity contribution < 1.29 is 14.7 Å². The molecule has 136 valence electrons. The summed E-state index contributed by atoms with van der Waals surface area (Å²) in [5.41, 5.74) is -0.154. The number of carbonyl (C=O) groups is 2. The molecule has 1 heterocycles. The van der Waals surface area contributed by atoms with Crippen LogP contribution >= 0.6 is 38.5 Å². The molecule has 6 heteroatoms. The summed E-state index contributed by atoms with van der Waals surface area (Å²) in [6.45, 7) is 2.58. The fourth-order valence-corrected chi connectivity index (χ4v) is 3.92.